The molecular weight excluding hydrogens is 164 g/mol. The Bertz CT molecular complexity index is 104. The molecule has 80 valence electrons. The Labute approximate surface area is 82.3 Å². The zero-order valence-corrected chi connectivity index (χ0v) is 9.25. The van der Waals surface area contributed by atoms with Crippen molar-refractivity contribution < 1.29 is 9.84 Å². The first-order chi connectivity index (χ1) is 6.20. The standard InChI is InChI=1S/C11H24O2/c1-4-5-11(12)7-6-10(2)8-9-13-3/h10-12H,4-9H2,1-3H3. The van der Waals surface area contributed by atoms with E-state index in [2.05, 4.69) is 13.8 Å². The maximum Gasteiger partial charge on any atom is 0.0540 e. The highest BCUT2D eigenvalue weighted by atomic mass is 16.5. The van der Waals surface area contributed by atoms with E-state index in [0.717, 1.165) is 38.7 Å². The molecule has 0 rings (SSSR count). The number of hydrogen-bond donors (Lipinski definition) is 1. The lowest BCUT2D eigenvalue weighted by Gasteiger charge is -2.13. The lowest BCUT2D eigenvalue weighted by atomic mass is 9.98. The lowest BCUT2D eigenvalue weighted by molar-refractivity contribution is 0.136. The summed E-state index contributed by atoms with van der Waals surface area (Å²) in [6, 6.07) is 0. The van der Waals surface area contributed by atoms with E-state index in [9.17, 15) is 5.11 Å². The number of methoxy groups -OCH3 is 1. The van der Waals surface area contributed by atoms with Gasteiger partial charge in [0.1, 0.15) is 0 Å². The van der Waals surface area contributed by atoms with Crippen molar-refractivity contribution in [3.05, 3.63) is 0 Å². The number of rotatable bonds is 8. The van der Waals surface area contributed by atoms with Crippen molar-refractivity contribution in [1.29, 1.82) is 0 Å². The van der Waals surface area contributed by atoms with Gasteiger partial charge >= 0.3 is 0 Å². The van der Waals surface area contributed by atoms with E-state index in [4.69, 9.17) is 4.74 Å². The monoisotopic (exact) mass is 188 g/mol. The van der Waals surface area contributed by atoms with E-state index in [1.54, 1.807) is 7.11 Å². The molecule has 1 N–H and O–H groups in total. The van der Waals surface area contributed by atoms with Crippen LogP contribution in [0.4, 0.5) is 0 Å². The Kier molecular flexibility index (Phi) is 8.46. The van der Waals surface area contributed by atoms with Gasteiger partial charge in [0.25, 0.3) is 0 Å². The van der Waals surface area contributed by atoms with Crippen LogP contribution < -0.4 is 0 Å². The predicted molar refractivity (Wildman–Crippen MR) is 55.8 cm³/mol. The van der Waals surface area contributed by atoms with Crippen molar-refractivity contribution in [2.24, 2.45) is 5.92 Å². The molecule has 0 spiro atoms. The Morgan fingerprint density at radius 2 is 1.85 bits per heavy atom. The molecule has 0 aliphatic heterocycles. The Morgan fingerprint density at radius 3 is 2.38 bits per heavy atom. The fraction of sp³-hybridized carbons (Fsp3) is 1.00. The maximum absolute atomic E-state index is 9.49. The summed E-state index contributed by atoms with van der Waals surface area (Å²) in [5.41, 5.74) is 0. The van der Waals surface area contributed by atoms with Crippen LogP contribution in [0.3, 0.4) is 0 Å². The van der Waals surface area contributed by atoms with E-state index >= 15 is 0 Å². The van der Waals surface area contributed by atoms with Gasteiger partial charge in [-0.05, 0) is 31.6 Å². The van der Waals surface area contributed by atoms with Crippen molar-refractivity contribution in [3.63, 3.8) is 0 Å². The van der Waals surface area contributed by atoms with Crippen LogP contribution in [0.5, 0.6) is 0 Å². The third-order valence-corrected chi connectivity index (χ3v) is 2.43. The van der Waals surface area contributed by atoms with Crippen LogP contribution in [0.25, 0.3) is 0 Å². The molecule has 0 heterocycles. The normalized spacial score (nSPS) is 15.7. The zero-order chi connectivity index (χ0) is 10.1. The predicted octanol–water partition coefficient (Wildman–Crippen LogP) is 2.60. The number of aliphatic hydroxyl groups is 1. The van der Waals surface area contributed by atoms with Crippen LogP contribution in [-0.4, -0.2) is 24.9 Å². The molecule has 2 heteroatoms. The van der Waals surface area contributed by atoms with Gasteiger partial charge in [-0.15, -0.1) is 0 Å². The summed E-state index contributed by atoms with van der Waals surface area (Å²) in [5, 5.41) is 9.49. The summed E-state index contributed by atoms with van der Waals surface area (Å²) in [5.74, 6) is 0.673. The van der Waals surface area contributed by atoms with E-state index in [-0.39, 0.29) is 6.10 Å². The van der Waals surface area contributed by atoms with Crippen LogP contribution in [0, 0.1) is 5.92 Å². The molecule has 0 aromatic rings. The first-order valence-electron chi connectivity index (χ1n) is 5.37. The topological polar surface area (TPSA) is 29.5 Å². The van der Waals surface area contributed by atoms with Crippen LogP contribution in [0.15, 0.2) is 0 Å². The van der Waals surface area contributed by atoms with Gasteiger partial charge in [0.05, 0.1) is 6.10 Å². The van der Waals surface area contributed by atoms with Gasteiger partial charge in [-0.1, -0.05) is 20.3 Å². The van der Waals surface area contributed by atoms with E-state index in [0.29, 0.717) is 5.92 Å². The summed E-state index contributed by atoms with van der Waals surface area (Å²) in [4.78, 5) is 0. The van der Waals surface area contributed by atoms with E-state index in [1.165, 1.54) is 0 Å². The number of aliphatic hydroxyl groups excluding tert-OH is 1. The summed E-state index contributed by atoms with van der Waals surface area (Å²) in [6.07, 6.45) is 5.10. The quantitative estimate of drug-likeness (QED) is 0.634. The van der Waals surface area contributed by atoms with E-state index in [1.807, 2.05) is 0 Å². The highest BCUT2D eigenvalue weighted by Gasteiger charge is 2.06. The number of ether oxygens (including phenoxy) is 1. The smallest absolute Gasteiger partial charge is 0.0540 e. The average molecular weight is 188 g/mol. The second-order valence-electron chi connectivity index (χ2n) is 3.91. The van der Waals surface area contributed by atoms with E-state index < -0.39 is 0 Å². The van der Waals surface area contributed by atoms with Gasteiger partial charge in [0.2, 0.25) is 0 Å². The molecular formula is C11H24O2. The molecule has 2 unspecified atom stereocenters. The molecule has 0 saturated carbocycles. The van der Waals surface area contributed by atoms with Crippen LogP contribution in [0.1, 0.15) is 46.0 Å². The van der Waals surface area contributed by atoms with Gasteiger partial charge in [-0.3, -0.25) is 0 Å². The summed E-state index contributed by atoms with van der Waals surface area (Å²) in [6.45, 7) is 5.17. The van der Waals surface area contributed by atoms with Gasteiger partial charge in [0.15, 0.2) is 0 Å². The Balaban J connectivity index is 3.29. The first-order valence-corrected chi connectivity index (χ1v) is 5.37. The molecule has 2 atom stereocenters. The van der Waals surface area contributed by atoms with Crippen molar-refractivity contribution in [3.8, 4) is 0 Å². The van der Waals surface area contributed by atoms with Crippen molar-refractivity contribution >= 4 is 0 Å². The fourth-order valence-corrected chi connectivity index (χ4v) is 1.42. The molecule has 0 fully saturated rings. The highest BCUT2D eigenvalue weighted by molar-refractivity contribution is 4.59. The van der Waals surface area contributed by atoms with Gasteiger partial charge < -0.3 is 9.84 Å². The second-order valence-corrected chi connectivity index (χ2v) is 3.91. The molecule has 0 aromatic carbocycles. The third kappa shape index (κ3) is 8.26. The lowest BCUT2D eigenvalue weighted by Crippen LogP contribution is -2.09. The zero-order valence-electron chi connectivity index (χ0n) is 9.25. The molecule has 0 bridgehead atoms. The van der Waals surface area contributed by atoms with Crippen molar-refractivity contribution in [1.82, 2.24) is 0 Å². The number of hydrogen-bond acceptors (Lipinski definition) is 2. The average Bonchev–Trinajstić information content (AvgIpc) is 2.12. The summed E-state index contributed by atoms with van der Waals surface area (Å²) in [7, 11) is 1.73. The van der Waals surface area contributed by atoms with Gasteiger partial charge in [-0.25, -0.2) is 0 Å². The third-order valence-electron chi connectivity index (χ3n) is 2.43. The highest BCUT2D eigenvalue weighted by Crippen LogP contribution is 2.13. The Hall–Kier alpha value is -0.0800. The molecule has 2 nitrogen and oxygen atoms in total. The Morgan fingerprint density at radius 1 is 1.15 bits per heavy atom. The SMILES string of the molecule is CCCC(O)CCC(C)CCOC. The molecule has 0 radical (unpaired) electrons. The van der Waals surface area contributed by atoms with Crippen LogP contribution in [0.2, 0.25) is 0 Å². The molecule has 0 saturated heterocycles. The minimum absolute atomic E-state index is 0.0880. The van der Waals surface area contributed by atoms with Gasteiger partial charge in [0, 0.05) is 13.7 Å². The maximum atomic E-state index is 9.49. The molecule has 13 heavy (non-hydrogen) atoms. The fourth-order valence-electron chi connectivity index (χ4n) is 1.42. The summed E-state index contributed by atoms with van der Waals surface area (Å²) < 4.78 is 5.00. The van der Waals surface area contributed by atoms with Crippen molar-refractivity contribution in [2.75, 3.05) is 13.7 Å². The second kappa shape index (κ2) is 8.52. The van der Waals surface area contributed by atoms with Crippen molar-refractivity contribution in [2.45, 2.75) is 52.1 Å². The molecule has 0 aliphatic carbocycles. The molecule has 0 aromatic heterocycles. The van der Waals surface area contributed by atoms with Crippen LogP contribution in [-0.2, 0) is 4.74 Å². The molecule has 0 aliphatic rings. The first kappa shape index (κ1) is 12.9. The van der Waals surface area contributed by atoms with Gasteiger partial charge in [-0.2, -0.15) is 0 Å². The summed E-state index contributed by atoms with van der Waals surface area (Å²) >= 11 is 0. The van der Waals surface area contributed by atoms with Crippen LogP contribution >= 0.6 is 0 Å². The minimum atomic E-state index is -0.0880. The minimum Gasteiger partial charge on any atom is -0.393 e. The largest absolute Gasteiger partial charge is 0.393 e. The molecule has 0 amide bonds.